The van der Waals surface area contributed by atoms with E-state index in [0.717, 1.165) is 11.1 Å². The minimum absolute atomic E-state index is 0.218. The number of rotatable bonds is 9. The summed E-state index contributed by atoms with van der Waals surface area (Å²) in [6.45, 7) is 4.09. The topological polar surface area (TPSA) is 83.5 Å². The van der Waals surface area contributed by atoms with Crippen molar-refractivity contribution in [2.24, 2.45) is 0 Å². The molecule has 0 saturated carbocycles. The lowest BCUT2D eigenvalue weighted by Gasteiger charge is -2.43. The van der Waals surface area contributed by atoms with E-state index in [1.54, 1.807) is 0 Å². The molecule has 2 aromatic rings. The maximum Gasteiger partial charge on any atom is 0.337 e. The van der Waals surface area contributed by atoms with Gasteiger partial charge in [-0.1, -0.05) is 60.7 Å². The highest BCUT2D eigenvalue weighted by molar-refractivity contribution is 5.75. The Morgan fingerprint density at radius 3 is 1.94 bits per heavy atom. The van der Waals surface area contributed by atoms with E-state index in [-0.39, 0.29) is 19.3 Å². The predicted octanol–water partition coefficient (Wildman–Crippen LogP) is 2.84. The summed E-state index contributed by atoms with van der Waals surface area (Å²) in [5.74, 6) is -0.615. The highest BCUT2D eigenvalue weighted by atomic mass is 16.7. The van der Waals surface area contributed by atoms with Crippen molar-refractivity contribution < 1.29 is 33.6 Å². The van der Waals surface area contributed by atoms with Crippen LogP contribution in [0.15, 0.2) is 60.7 Å². The third kappa shape index (κ3) is 6.35. The maximum absolute atomic E-state index is 12.5. The Bertz CT molecular complexity index is 796. The first-order valence-corrected chi connectivity index (χ1v) is 10.4. The van der Waals surface area contributed by atoms with Crippen LogP contribution in [0.1, 0.15) is 25.0 Å². The first-order valence-electron chi connectivity index (χ1n) is 10.4. The quantitative estimate of drug-likeness (QED) is 0.613. The van der Waals surface area contributed by atoms with Crippen LogP contribution in [-0.2, 0) is 41.7 Å². The molecule has 7 heteroatoms. The Kier molecular flexibility index (Phi) is 8.57. The maximum atomic E-state index is 12.5. The molecule has 168 valence electrons. The fraction of sp³-hybridized carbons (Fsp3) is 0.458. The molecule has 1 N–H and O–H groups in total. The molecule has 0 aromatic heterocycles. The number of carbonyl (C=O) groups is 1. The molecule has 0 amide bonds. The average molecular weight is 430 g/mol. The number of ether oxygens (including phenoxy) is 5. The Labute approximate surface area is 182 Å². The van der Waals surface area contributed by atoms with Gasteiger partial charge in [0.1, 0.15) is 18.3 Å². The summed E-state index contributed by atoms with van der Waals surface area (Å²) in [4.78, 5) is 12.5. The molecule has 0 aliphatic carbocycles. The summed E-state index contributed by atoms with van der Waals surface area (Å²) < 4.78 is 28.6. The fourth-order valence-corrected chi connectivity index (χ4v) is 3.42. The van der Waals surface area contributed by atoms with Gasteiger partial charge in [0.15, 0.2) is 12.4 Å². The van der Waals surface area contributed by atoms with Crippen molar-refractivity contribution in [1.29, 1.82) is 0 Å². The van der Waals surface area contributed by atoms with Crippen molar-refractivity contribution in [1.82, 2.24) is 0 Å². The summed E-state index contributed by atoms with van der Waals surface area (Å²) in [5, 5.41) is 11.0. The number of benzene rings is 2. The zero-order valence-corrected chi connectivity index (χ0v) is 18.0. The zero-order chi connectivity index (χ0) is 22.2. The van der Waals surface area contributed by atoms with Crippen LogP contribution >= 0.6 is 0 Å². The predicted molar refractivity (Wildman–Crippen MR) is 113 cm³/mol. The second kappa shape index (κ2) is 11.4. The van der Waals surface area contributed by atoms with E-state index in [1.165, 1.54) is 7.11 Å². The SMILES string of the molecule is COC(=O)[C@H]1O[C@@H](OC(C)C)[C@H](O)[C@@H](OCc2ccccc2)[C@@H]1OCc1ccccc1. The van der Waals surface area contributed by atoms with Crippen molar-refractivity contribution in [3.05, 3.63) is 71.8 Å². The van der Waals surface area contributed by atoms with Crippen molar-refractivity contribution >= 4 is 5.97 Å². The molecule has 1 aliphatic rings. The molecule has 1 aliphatic heterocycles. The number of hydrogen-bond donors (Lipinski definition) is 1. The van der Waals surface area contributed by atoms with Gasteiger partial charge in [-0.25, -0.2) is 4.79 Å². The van der Waals surface area contributed by atoms with Gasteiger partial charge in [-0.2, -0.15) is 0 Å². The lowest BCUT2D eigenvalue weighted by Crippen LogP contribution is -2.62. The van der Waals surface area contributed by atoms with Gasteiger partial charge in [0.2, 0.25) is 0 Å². The Morgan fingerprint density at radius 2 is 1.45 bits per heavy atom. The molecule has 0 unspecified atom stereocenters. The second-order valence-electron chi connectivity index (χ2n) is 7.65. The molecule has 5 atom stereocenters. The Morgan fingerprint density at radius 1 is 0.935 bits per heavy atom. The molecule has 1 heterocycles. The van der Waals surface area contributed by atoms with Crippen LogP contribution in [-0.4, -0.2) is 55.0 Å². The highest BCUT2D eigenvalue weighted by Gasteiger charge is 2.51. The summed E-state index contributed by atoms with van der Waals surface area (Å²) in [6, 6.07) is 19.1. The van der Waals surface area contributed by atoms with E-state index in [0.29, 0.717) is 0 Å². The van der Waals surface area contributed by atoms with Crippen molar-refractivity contribution in [3.63, 3.8) is 0 Å². The van der Waals surface area contributed by atoms with E-state index in [9.17, 15) is 9.90 Å². The molecule has 31 heavy (non-hydrogen) atoms. The largest absolute Gasteiger partial charge is 0.467 e. The van der Waals surface area contributed by atoms with Gasteiger partial charge < -0.3 is 28.8 Å². The normalized spacial score (nSPS) is 26.0. The van der Waals surface area contributed by atoms with E-state index in [4.69, 9.17) is 23.7 Å². The van der Waals surface area contributed by atoms with Crippen LogP contribution in [0.3, 0.4) is 0 Å². The lowest BCUT2D eigenvalue weighted by atomic mass is 9.97. The van der Waals surface area contributed by atoms with Crippen LogP contribution in [0.4, 0.5) is 0 Å². The number of aliphatic hydroxyl groups excluding tert-OH is 1. The molecule has 0 bridgehead atoms. The molecule has 7 nitrogen and oxygen atoms in total. The van der Waals surface area contributed by atoms with Crippen molar-refractivity contribution in [2.75, 3.05) is 7.11 Å². The second-order valence-corrected chi connectivity index (χ2v) is 7.65. The van der Waals surface area contributed by atoms with E-state index in [2.05, 4.69) is 0 Å². The molecular formula is C24H30O7. The lowest BCUT2D eigenvalue weighted by molar-refractivity contribution is -0.316. The summed E-state index contributed by atoms with van der Waals surface area (Å²) in [7, 11) is 1.28. The van der Waals surface area contributed by atoms with Crippen LogP contribution < -0.4 is 0 Å². The highest BCUT2D eigenvalue weighted by Crippen LogP contribution is 2.29. The van der Waals surface area contributed by atoms with Crippen LogP contribution in [0.25, 0.3) is 0 Å². The van der Waals surface area contributed by atoms with Gasteiger partial charge in [0.05, 0.1) is 26.4 Å². The van der Waals surface area contributed by atoms with E-state index in [1.807, 2.05) is 74.5 Å². The van der Waals surface area contributed by atoms with Gasteiger partial charge >= 0.3 is 5.97 Å². The van der Waals surface area contributed by atoms with Gasteiger partial charge in [-0.3, -0.25) is 0 Å². The number of carbonyl (C=O) groups excluding carboxylic acids is 1. The van der Waals surface area contributed by atoms with E-state index >= 15 is 0 Å². The standard InChI is InChI=1S/C24H30O7/c1-16(2)30-24-19(25)20(28-14-17-10-6-4-7-11-17)21(22(31-24)23(26)27-3)29-15-18-12-8-5-9-13-18/h4-13,16,19-22,24-25H,14-15H2,1-3H3/t19-,20-,21+,22+,24-/m1/s1. The summed E-state index contributed by atoms with van der Waals surface area (Å²) >= 11 is 0. The average Bonchev–Trinajstić information content (AvgIpc) is 2.79. The fourth-order valence-electron chi connectivity index (χ4n) is 3.42. The van der Waals surface area contributed by atoms with Crippen molar-refractivity contribution in [3.8, 4) is 0 Å². The zero-order valence-electron chi connectivity index (χ0n) is 18.0. The molecule has 0 radical (unpaired) electrons. The molecule has 0 spiro atoms. The van der Waals surface area contributed by atoms with Gasteiger partial charge in [-0.15, -0.1) is 0 Å². The minimum Gasteiger partial charge on any atom is -0.467 e. The first kappa shape index (κ1) is 23.4. The van der Waals surface area contributed by atoms with Crippen molar-refractivity contribution in [2.45, 2.75) is 63.9 Å². The van der Waals surface area contributed by atoms with Gasteiger partial charge in [0, 0.05) is 0 Å². The Balaban J connectivity index is 1.83. The molecule has 2 aromatic carbocycles. The first-order chi connectivity index (χ1) is 15.0. The monoisotopic (exact) mass is 430 g/mol. The smallest absolute Gasteiger partial charge is 0.337 e. The third-order valence-electron chi connectivity index (χ3n) is 4.93. The van der Waals surface area contributed by atoms with Crippen LogP contribution in [0.5, 0.6) is 0 Å². The van der Waals surface area contributed by atoms with Gasteiger partial charge in [0.25, 0.3) is 0 Å². The number of hydrogen-bond acceptors (Lipinski definition) is 7. The van der Waals surface area contributed by atoms with Gasteiger partial charge in [-0.05, 0) is 25.0 Å². The van der Waals surface area contributed by atoms with Crippen LogP contribution in [0, 0.1) is 0 Å². The minimum atomic E-state index is -1.16. The molecule has 1 saturated heterocycles. The molecule has 3 rings (SSSR count). The Hall–Kier alpha value is -2.29. The third-order valence-corrected chi connectivity index (χ3v) is 4.93. The molecular weight excluding hydrogens is 400 g/mol. The number of methoxy groups -OCH3 is 1. The van der Waals surface area contributed by atoms with Crippen LogP contribution in [0.2, 0.25) is 0 Å². The number of esters is 1. The summed E-state index contributed by atoms with van der Waals surface area (Å²) in [5.41, 5.74) is 1.85. The van der Waals surface area contributed by atoms with E-state index < -0.39 is 36.7 Å². The molecule has 1 fully saturated rings. The number of aliphatic hydroxyl groups is 1. The summed E-state index contributed by atoms with van der Waals surface area (Å²) in [6.07, 6.45) is -5.31.